The number of halogens is 1. The van der Waals surface area contributed by atoms with E-state index in [9.17, 15) is 0 Å². The molecule has 2 rings (SSSR count). The SMILES string of the molecule is Cc1nn(C)c(CNC(C)C2CCCO2)c1Cl. The maximum atomic E-state index is 6.20. The highest BCUT2D eigenvalue weighted by molar-refractivity contribution is 6.31. The fourth-order valence-corrected chi connectivity index (χ4v) is 2.49. The minimum atomic E-state index is 0.336. The van der Waals surface area contributed by atoms with Crippen LogP contribution in [0, 0.1) is 6.92 Å². The highest BCUT2D eigenvalue weighted by atomic mass is 35.5. The molecule has 2 unspecified atom stereocenters. The topological polar surface area (TPSA) is 39.1 Å². The van der Waals surface area contributed by atoms with Crippen LogP contribution in [0.25, 0.3) is 0 Å². The van der Waals surface area contributed by atoms with Gasteiger partial charge in [-0.15, -0.1) is 0 Å². The zero-order valence-corrected chi connectivity index (χ0v) is 11.4. The van der Waals surface area contributed by atoms with Crippen LogP contribution in [0.4, 0.5) is 0 Å². The molecule has 17 heavy (non-hydrogen) atoms. The molecule has 1 N–H and O–H groups in total. The molecule has 2 heterocycles. The monoisotopic (exact) mass is 257 g/mol. The Morgan fingerprint density at radius 1 is 1.65 bits per heavy atom. The van der Waals surface area contributed by atoms with Gasteiger partial charge in [0.2, 0.25) is 0 Å². The molecule has 1 saturated heterocycles. The maximum Gasteiger partial charge on any atom is 0.0860 e. The van der Waals surface area contributed by atoms with E-state index in [1.54, 1.807) is 0 Å². The number of ether oxygens (including phenoxy) is 1. The average molecular weight is 258 g/mol. The molecule has 0 radical (unpaired) electrons. The molecule has 5 heteroatoms. The van der Waals surface area contributed by atoms with Gasteiger partial charge in [-0.2, -0.15) is 5.10 Å². The summed E-state index contributed by atoms with van der Waals surface area (Å²) in [6.45, 7) is 5.71. The molecule has 1 aromatic heterocycles. The quantitative estimate of drug-likeness (QED) is 0.897. The van der Waals surface area contributed by atoms with Crippen LogP contribution in [0.5, 0.6) is 0 Å². The van der Waals surface area contributed by atoms with Gasteiger partial charge in [0.1, 0.15) is 0 Å². The van der Waals surface area contributed by atoms with E-state index in [0.29, 0.717) is 12.1 Å². The van der Waals surface area contributed by atoms with E-state index in [2.05, 4.69) is 17.3 Å². The summed E-state index contributed by atoms with van der Waals surface area (Å²) in [7, 11) is 1.92. The van der Waals surface area contributed by atoms with Gasteiger partial charge in [-0.05, 0) is 26.7 Å². The van der Waals surface area contributed by atoms with E-state index < -0.39 is 0 Å². The van der Waals surface area contributed by atoms with Crippen molar-refractivity contribution in [2.45, 2.75) is 45.4 Å². The normalized spacial score (nSPS) is 22.0. The van der Waals surface area contributed by atoms with E-state index in [-0.39, 0.29) is 0 Å². The van der Waals surface area contributed by atoms with Crippen molar-refractivity contribution in [1.82, 2.24) is 15.1 Å². The van der Waals surface area contributed by atoms with Gasteiger partial charge in [-0.25, -0.2) is 0 Å². The van der Waals surface area contributed by atoms with Crippen molar-refractivity contribution in [3.63, 3.8) is 0 Å². The Morgan fingerprint density at radius 3 is 2.94 bits per heavy atom. The molecular weight excluding hydrogens is 238 g/mol. The van der Waals surface area contributed by atoms with Gasteiger partial charge in [-0.3, -0.25) is 4.68 Å². The lowest BCUT2D eigenvalue weighted by atomic mass is 10.1. The molecule has 4 nitrogen and oxygen atoms in total. The molecule has 0 aliphatic carbocycles. The fraction of sp³-hybridized carbons (Fsp3) is 0.750. The molecule has 96 valence electrons. The smallest absolute Gasteiger partial charge is 0.0860 e. The Hall–Kier alpha value is -0.580. The first-order chi connectivity index (χ1) is 8.09. The van der Waals surface area contributed by atoms with Gasteiger partial charge in [-0.1, -0.05) is 11.6 Å². The van der Waals surface area contributed by atoms with Gasteiger partial charge in [0.15, 0.2) is 0 Å². The lowest BCUT2D eigenvalue weighted by Crippen LogP contribution is -2.36. The molecular formula is C12H20ClN3O. The van der Waals surface area contributed by atoms with E-state index in [1.807, 2.05) is 18.7 Å². The number of hydrogen-bond donors (Lipinski definition) is 1. The number of hydrogen-bond acceptors (Lipinski definition) is 3. The molecule has 0 aromatic carbocycles. The van der Waals surface area contributed by atoms with Gasteiger partial charge < -0.3 is 10.1 Å². The summed E-state index contributed by atoms with van der Waals surface area (Å²) >= 11 is 6.20. The predicted molar refractivity (Wildman–Crippen MR) is 68.2 cm³/mol. The van der Waals surface area contributed by atoms with E-state index >= 15 is 0 Å². The highest BCUT2D eigenvalue weighted by Gasteiger charge is 2.22. The Kier molecular flexibility index (Phi) is 4.07. The van der Waals surface area contributed by atoms with Crippen molar-refractivity contribution in [3.8, 4) is 0 Å². The highest BCUT2D eigenvalue weighted by Crippen LogP contribution is 2.20. The Balaban J connectivity index is 1.92. The van der Waals surface area contributed by atoms with Crippen molar-refractivity contribution in [3.05, 3.63) is 16.4 Å². The van der Waals surface area contributed by atoms with Crippen molar-refractivity contribution in [1.29, 1.82) is 0 Å². The van der Waals surface area contributed by atoms with Crippen LogP contribution in [0.15, 0.2) is 0 Å². The second-order valence-corrected chi connectivity index (χ2v) is 5.07. The first-order valence-corrected chi connectivity index (χ1v) is 6.50. The van der Waals surface area contributed by atoms with Crippen molar-refractivity contribution in [2.24, 2.45) is 7.05 Å². The number of nitrogens with zero attached hydrogens (tertiary/aromatic N) is 2. The number of aromatic nitrogens is 2. The summed E-state index contributed by atoms with van der Waals surface area (Å²) < 4.78 is 7.49. The largest absolute Gasteiger partial charge is 0.377 e. The number of aryl methyl sites for hydroxylation is 2. The summed E-state index contributed by atoms with van der Waals surface area (Å²) in [5.41, 5.74) is 1.92. The standard InChI is InChI=1S/C12H20ClN3O/c1-8(11-5-4-6-17-11)14-7-10-12(13)9(2)15-16(10)3/h8,11,14H,4-7H2,1-3H3. The Morgan fingerprint density at radius 2 is 2.41 bits per heavy atom. The first-order valence-electron chi connectivity index (χ1n) is 6.12. The third-order valence-corrected chi connectivity index (χ3v) is 3.87. The molecule has 0 bridgehead atoms. The molecule has 1 aliphatic heterocycles. The van der Waals surface area contributed by atoms with E-state index in [0.717, 1.165) is 36.0 Å². The third kappa shape index (κ3) is 2.81. The zero-order chi connectivity index (χ0) is 12.4. The fourth-order valence-electron chi connectivity index (χ4n) is 2.26. The van der Waals surface area contributed by atoms with E-state index in [1.165, 1.54) is 6.42 Å². The lowest BCUT2D eigenvalue weighted by molar-refractivity contribution is 0.0830. The molecule has 1 aliphatic rings. The third-order valence-electron chi connectivity index (χ3n) is 3.38. The predicted octanol–water partition coefficient (Wildman–Crippen LogP) is 2.04. The Bertz CT molecular complexity index is 385. The van der Waals surface area contributed by atoms with Crippen LogP contribution in [-0.4, -0.2) is 28.5 Å². The lowest BCUT2D eigenvalue weighted by Gasteiger charge is -2.20. The molecule has 0 saturated carbocycles. The summed E-state index contributed by atoms with van der Waals surface area (Å²) in [6, 6.07) is 0.351. The minimum absolute atomic E-state index is 0.336. The van der Waals surface area contributed by atoms with Crippen LogP contribution in [0.2, 0.25) is 5.02 Å². The van der Waals surface area contributed by atoms with Crippen LogP contribution >= 0.6 is 11.6 Å². The second kappa shape index (κ2) is 5.38. The van der Waals surface area contributed by atoms with Gasteiger partial charge >= 0.3 is 0 Å². The summed E-state index contributed by atoms with van der Waals surface area (Å²) in [5.74, 6) is 0. The van der Waals surface area contributed by atoms with Crippen molar-refractivity contribution < 1.29 is 4.74 Å². The summed E-state index contributed by atoms with van der Waals surface area (Å²) in [5, 5.41) is 8.53. The number of nitrogens with one attached hydrogen (secondary N) is 1. The molecule has 1 fully saturated rings. The van der Waals surface area contributed by atoms with Gasteiger partial charge in [0.05, 0.1) is 22.5 Å². The summed E-state index contributed by atoms with van der Waals surface area (Å²) in [4.78, 5) is 0. The molecule has 0 spiro atoms. The summed E-state index contributed by atoms with van der Waals surface area (Å²) in [6.07, 6.45) is 2.65. The average Bonchev–Trinajstić information content (AvgIpc) is 2.88. The zero-order valence-electron chi connectivity index (χ0n) is 10.7. The second-order valence-electron chi connectivity index (χ2n) is 4.69. The van der Waals surface area contributed by atoms with Crippen LogP contribution in [-0.2, 0) is 18.3 Å². The number of rotatable bonds is 4. The first kappa shape index (κ1) is 12.9. The molecule has 2 atom stereocenters. The van der Waals surface area contributed by atoms with Crippen LogP contribution in [0.1, 0.15) is 31.2 Å². The van der Waals surface area contributed by atoms with Crippen LogP contribution in [0.3, 0.4) is 0 Å². The maximum absolute atomic E-state index is 6.20. The van der Waals surface area contributed by atoms with Gasteiger partial charge in [0, 0.05) is 26.2 Å². The molecule has 1 aromatic rings. The Labute approximate surface area is 107 Å². The van der Waals surface area contributed by atoms with Crippen molar-refractivity contribution >= 4 is 11.6 Å². The van der Waals surface area contributed by atoms with Crippen molar-refractivity contribution in [2.75, 3.05) is 6.61 Å². The minimum Gasteiger partial charge on any atom is -0.377 e. The molecule has 0 amide bonds. The van der Waals surface area contributed by atoms with E-state index in [4.69, 9.17) is 16.3 Å². The van der Waals surface area contributed by atoms with Gasteiger partial charge in [0.25, 0.3) is 0 Å². The van der Waals surface area contributed by atoms with Crippen LogP contribution < -0.4 is 5.32 Å².